The van der Waals surface area contributed by atoms with E-state index < -0.39 is 6.04 Å². The van der Waals surface area contributed by atoms with Gasteiger partial charge in [0.15, 0.2) is 6.61 Å². The molecule has 2 amide bonds. The number of amides is 2. The van der Waals surface area contributed by atoms with Crippen LogP contribution in [-0.4, -0.2) is 42.5 Å². The fourth-order valence-corrected chi connectivity index (χ4v) is 3.58. The average Bonchev–Trinajstić information content (AvgIpc) is 2.66. The second-order valence-electron chi connectivity index (χ2n) is 6.97. The van der Waals surface area contributed by atoms with Gasteiger partial charge in [-0.3, -0.25) is 9.59 Å². The Kier molecular flexibility index (Phi) is 8.81. The molecule has 6 heteroatoms. The van der Waals surface area contributed by atoms with Gasteiger partial charge in [-0.15, -0.1) is 0 Å². The number of nitrogens with one attached hydrogen (secondary N) is 2. The molecule has 1 saturated carbocycles. The van der Waals surface area contributed by atoms with Crippen molar-refractivity contribution in [3.05, 3.63) is 30.3 Å². The summed E-state index contributed by atoms with van der Waals surface area (Å²) >= 11 is 1.67. The second kappa shape index (κ2) is 11.1. The van der Waals surface area contributed by atoms with Gasteiger partial charge in [-0.25, -0.2) is 0 Å². The summed E-state index contributed by atoms with van der Waals surface area (Å²) in [6.07, 6.45) is 6.96. The van der Waals surface area contributed by atoms with Crippen LogP contribution >= 0.6 is 11.8 Å². The minimum atomic E-state index is -0.506. The first-order valence-corrected chi connectivity index (χ1v) is 10.7. The highest BCUT2D eigenvalue weighted by Crippen LogP contribution is 2.23. The molecule has 0 radical (unpaired) electrons. The van der Waals surface area contributed by atoms with Gasteiger partial charge in [0.25, 0.3) is 5.91 Å². The Morgan fingerprint density at radius 3 is 2.54 bits per heavy atom. The molecule has 2 rings (SSSR count). The summed E-state index contributed by atoms with van der Waals surface area (Å²) in [7, 11) is 0. The van der Waals surface area contributed by atoms with Crippen LogP contribution in [0.25, 0.3) is 0 Å². The fraction of sp³-hybridized carbons (Fsp3) is 0.600. The summed E-state index contributed by atoms with van der Waals surface area (Å²) < 4.78 is 5.47. The van der Waals surface area contributed by atoms with Crippen LogP contribution < -0.4 is 15.4 Å². The van der Waals surface area contributed by atoms with Crippen LogP contribution in [0.5, 0.6) is 5.75 Å². The van der Waals surface area contributed by atoms with Crippen molar-refractivity contribution in [2.75, 3.05) is 18.6 Å². The highest BCUT2D eigenvalue weighted by Gasteiger charge is 2.25. The zero-order chi connectivity index (χ0) is 18.8. The highest BCUT2D eigenvalue weighted by molar-refractivity contribution is 7.98. The van der Waals surface area contributed by atoms with Crippen molar-refractivity contribution < 1.29 is 14.3 Å². The normalized spacial score (nSPS) is 20.8. The minimum Gasteiger partial charge on any atom is -0.484 e. The van der Waals surface area contributed by atoms with Crippen LogP contribution in [-0.2, 0) is 9.59 Å². The van der Waals surface area contributed by atoms with Gasteiger partial charge in [-0.2, -0.15) is 11.8 Å². The third kappa shape index (κ3) is 7.28. The van der Waals surface area contributed by atoms with Crippen molar-refractivity contribution in [2.24, 2.45) is 5.92 Å². The van der Waals surface area contributed by atoms with E-state index in [1.54, 1.807) is 23.9 Å². The molecule has 1 aliphatic carbocycles. The number of benzene rings is 1. The molecule has 0 unspecified atom stereocenters. The van der Waals surface area contributed by atoms with Gasteiger partial charge in [-0.1, -0.05) is 25.1 Å². The quantitative estimate of drug-likeness (QED) is 0.693. The summed E-state index contributed by atoms with van der Waals surface area (Å²) in [4.78, 5) is 24.8. The van der Waals surface area contributed by atoms with E-state index in [1.807, 2.05) is 24.5 Å². The Balaban J connectivity index is 1.82. The number of hydrogen-bond acceptors (Lipinski definition) is 4. The lowest BCUT2D eigenvalue weighted by Crippen LogP contribution is -2.51. The van der Waals surface area contributed by atoms with Gasteiger partial charge in [-0.05, 0) is 62.2 Å². The third-order valence-electron chi connectivity index (χ3n) is 4.74. The third-order valence-corrected chi connectivity index (χ3v) is 5.38. The van der Waals surface area contributed by atoms with Crippen LogP contribution in [0.3, 0.4) is 0 Å². The van der Waals surface area contributed by atoms with Crippen molar-refractivity contribution >= 4 is 23.6 Å². The van der Waals surface area contributed by atoms with E-state index in [0.29, 0.717) is 12.2 Å². The average molecular weight is 379 g/mol. The molecule has 1 fully saturated rings. The van der Waals surface area contributed by atoms with Gasteiger partial charge in [0.2, 0.25) is 5.91 Å². The monoisotopic (exact) mass is 378 g/mol. The molecule has 1 aromatic carbocycles. The summed E-state index contributed by atoms with van der Waals surface area (Å²) in [5, 5.41) is 5.95. The predicted octanol–water partition coefficient (Wildman–Crippen LogP) is 3.00. The predicted molar refractivity (Wildman–Crippen MR) is 106 cm³/mol. The number of para-hydroxylation sites is 1. The lowest BCUT2D eigenvalue weighted by Gasteiger charge is -2.28. The highest BCUT2D eigenvalue weighted by atomic mass is 32.2. The van der Waals surface area contributed by atoms with Crippen molar-refractivity contribution in [1.29, 1.82) is 0 Å². The first-order chi connectivity index (χ1) is 12.6. The molecule has 0 saturated heterocycles. The second-order valence-corrected chi connectivity index (χ2v) is 7.95. The molecule has 0 aromatic heterocycles. The maximum absolute atomic E-state index is 12.6. The Morgan fingerprint density at radius 1 is 1.19 bits per heavy atom. The molecule has 5 nitrogen and oxygen atoms in total. The number of hydrogen-bond donors (Lipinski definition) is 2. The van der Waals surface area contributed by atoms with Gasteiger partial charge in [0, 0.05) is 6.04 Å². The van der Waals surface area contributed by atoms with Gasteiger partial charge in [0.05, 0.1) is 0 Å². The molecule has 144 valence electrons. The molecular weight excluding hydrogens is 348 g/mol. The van der Waals surface area contributed by atoms with Crippen LogP contribution in [0.15, 0.2) is 30.3 Å². The van der Waals surface area contributed by atoms with Crippen molar-refractivity contribution in [2.45, 2.75) is 51.1 Å². The molecule has 0 spiro atoms. The number of thioether (sulfide) groups is 1. The standard InChI is InChI=1S/C20H30N2O3S/c1-15-8-10-16(11-9-15)21-20(24)18(12-13-26-2)22-19(23)14-25-17-6-4-3-5-7-17/h3-7,15-16,18H,8-14H2,1-2H3,(H,21,24)(H,22,23)/t15?,16?,18-/m1/s1. The summed E-state index contributed by atoms with van der Waals surface area (Å²) in [5.74, 6) is 1.85. The molecule has 0 bridgehead atoms. The topological polar surface area (TPSA) is 67.4 Å². The van der Waals surface area contributed by atoms with Crippen molar-refractivity contribution in [1.82, 2.24) is 10.6 Å². The van der Waals surface area contributed by atoms with E-state index in [2.05, 4.69) is 17.6 Å². The minimum absolute atomic E-state index is 0.0772. The number of carbonyl (C=O) groups excluding carboxylic acids is 2. The van der Waals surface area contributed by atoms with Crippen LogP contribution in [0.4, 0.5) is 0 Å². The van der Waals surface area contributed by atoms with Crippen molar-refractivity contribution in [3.63, 3.8) is 0 Å². The number of carbonyl (C=O) groups is 2. The van der Waals surface area contributed by atoms with E-state index in [4.69, 9.17) is 4.74 Å². The van der Waals surface area contributed by atoms with Gasteiger partial charge in [0.1, 0.15) is 11.8 Å². The molecule has 0 aliphatic heterocycles. The van der Waals surface area contributed by atoms with E-state index in [-0.39, 0.29) is 24.5 Å². The van der Waals surface area contributed by atoms with Crippen molar-refractivity contribution in [3.8, 4) is 5.75 Å². The Bertz CT molecular complexity index is 559. The van der Waals surface area contributed by atoms with E-state index >= 15 is 0 Å². The molecule has 2 N–H and O–H groups in total. The molecule has 1 atom stereocenters. The molecule has 1 aromatic rings. The zero-order valence-electron chi connectivity index (χ0n) is 15.7. The zero-order valence-corrected chi connectivity index (χ0v) is 16.5. The SMILES string of the molecule is CSCC[C@@H](NC(=O)COc1ccccc1)C(=O)NC1CCC(C)CC1. The molecule has 0 heterocycles. The lowest BCUT2D eigenvalue weighted by atomic mass is 9.87. The first kappa shape index (κ1) is 20.6. The van der Waals surface area contributed by atoms with E-state index in [0.717, 1.165) is 37.4 Å². The lowest BCUT2D eigenvalue weighted by molar-refractivity contribution is -0.130. The Hall–Kier alpha value is -1.69. The molecule has 26 heavy (non-hydrogen) atoms. The fourth-order valence-electron chi connectivity index (χ4n) is 3.11. The molecular formula is C20H30N2O3S. The maximum Gasteiger partial charge on any atom is 0.258 e. The Labute approximate surface area is 160 Å². The smallest absolute Gasteiger partial charge is 0.258 e. The summed E-state index contributed by atoms with van der Waals surface area (Å²) in [6, 6.07) is 8.92. The number of ether oxygens (including phenoxy) is 1. The largest absolute Gasteiger partial charge is 0.484 e. The van der Waals surface area contributed by atoms with E-state index in [9.17, 15) is 9.59 Å². The summed E-state index contributed by atoms with van der Waals surface area (Å²) in [6.45, 7) is 2.17. The molecule has 1 aliphatic rings. The van der Waals surface area contributed by atoms with Crippen LogP contribution in [0.1, 0.15) is 39.0 Å². The summed E-state index contributed by atoms with van der Waals surface area (Å²) in [5.41, 5.74) is 0. The van der Waals surface area contributed by atoms with Crippen LogP contribution in [0, 0.1) is 5.92 Å². The Morgan fingerprint density at radius 2 is 1.88 bits per heavy atom. The van der Waals surface area contributed by atoms with Gasteiger partial charge >= 0.3 is 0 Å². The van der Waals surface area contributed by atoms with E-state index in [1.165, 1.54) is 0 Å². The van der Waals surface area contributed by atoms with Gasteiger partial charge < -0.3 is 15.4 Å². The first-order valence-electron chi connectivity index (χ1n) is 9.35. The van der Waals surface area contributed by atoms with Crippen LogP contribution in [0.2, 0.25) is 0 Å². The maximum atomic E-state index is 12.6. The number of rotatable bonds is 9.